The number of allylic oxidation sites excluding steroid dienone is 4. The number of carbonyl (C=O) groups excluding carboxylic acids is 2. The van der Waals surface area contributed by atoms with Crippen LogP contribution in [0.15, 0.2) is 23.5 Å². The summed E-state index contributed by atoms with van der Waals surface area (Å²) in [6.07, 6.45) is 7.99. The van der Waals surface area contributed by atoms with Crippen LogP contribution >= 0.6 is 0 Å². The van der Waals surface area contributed by atoms with Crippen molar-refractivity contribution in [2.24, 2.45) is 45.8 Å². The van der Waals surface area contributed by atoms with Crippen molar-refractivity contribution in [3.05, 3.63) is 23.5 Å². The fourth-order valence-corrected chi connectivity index (χ4v) is 8.15. The molecule has 0 bridgehead atoms. The normalized spacial score (nSPS) is 42.1. The van der Waals surface area contributed by atoms with Crippen LogP contribution in [0.5, 0.6) is 0 Å². The summed E-state index contributed by atoms with van der Waals surface area (Å²) < 4.78 is 0. The van der Waals surface area contributed by atoms with E-state index in [4.69, 9.17) is 5.11 Å². The zero-order valence-electron chi connectivity index (χ0n) is 19.4. The van der Waals surface area contributed by atoms with Crippen molar-refractivity contribution >= 4 is 17.5 Å². The van der Waals surface area contributed by atoms with Gasteiger partial charge in [0.05, 0.1) is 5.41 Å². The maximum atomic E-state index is 13.7. The molecule has 4 aliphatic carbocycles. The third kappa shape index (κ3) is 2.98. The molecule has 0 aliphatic heterocycles. The Labute approximate surface area is 185 Å². The topological polar surface area (TPSA) is 91.7 Å². The van der Waals surface area contributed by atoms with Crippen molar-refractivity contribution in [1.29, 1.82) is 0 Å². The van der Waals surface area contributed by atoms with Gasteiger partial charge in [-0.05, 0) is 75.2 Å². The zero-order chi connectivity index (χ0) is 22.9. The average molecular weight is 429 g/mol. The lowest BCUT2D eigenvalue weighted by Crippen LogP contribution is -2.56. The molecule has 0 aromatic rings. The summed E-state index contributed by atoms with van der Waals surface area (Å²) in [7, 11) is 0. The Hall–Kier alpha value is -1.91. The summed E-state index contributed by atoms with van der Waals surface area (Å²) in [5.41, 5.74) is -0.614. The molecule has 0 spiro atoms. The van der Waals surface area contributed by atoms with Gasteiger partial charge in [-0.3, -0.25) is 14.4 Å². The van der Waals surface area contributed by atoms with E-state index in [1.54, 1.807) is 6.08 Å². The zero-order valence-corrected chi connectivity index (χ0v) is 19.4. The molecule has 0 radical (unpaired) electrons. The summed E-state index contributed by atoms with van der Waals surface area (Å²) in [5.74, 6) is 0.203. The molecule has 5 nitrogen and oxygen atoms in total. The molecule has 0 heterocycles. The lowest BCUT2D eigenvalue weighted by atomic mass is 9.45. The number of hydrogen-bond acceptors (Lipinski definition) is 4. The molecule has 7 unspecified atom stereocenters. The SMILES string of the molecule is CC(CCC(=O)O)C1CCC2C3CC=C4C(C)(C)C(=O)C(O)=CC4(C)C3CC(=O)C12C. The molecule has 5 heteroatoms. The van der Waals surface area contributed by atoms with Crippen LogP contribution in [-0.4, -0.2) is 27.7 Å². The van der Waals surface area contributed by atoms with Gasteiger partial charge in [0.25, 0.3) is 0 Å². The Bertz CT molecular complexity index is 895. The first kappa shape index (κ1) is 22.3. The van der Waals surface area contributed by atoms with Crippen LogP contribution in [0.3, 0.4) is 0 Å². The predicted molar refractivity (Wildman–Crippen MR) is 117 cm³/mol. The van der Waals surface area contributed by atoms with E-state index in [-0.39, 0.29) is 47.4 Å². The van der Waals surface area contributed by atoms with Crippen LogP contribution in [0.1, 0.15) is 73.1 Å². The molecule has 4 rings (SSSR count). The van der Waals surface area contributed by atoms with Crippen LogP contribution < -0.4 is 0 Å². The van der Waals surface area contributed by atoms with Crippen molar-refractivity contribution in [2.45, 2.75) is 73.1 Å². The van der Waals surface area contributed by atoms with Gasteiger partial charge >= 0.3 is 5.97 Å². The van der Waals surface area contributed by atoms with Crippen molar-refractivity contribution in [2.75, 3.05) is 0 Å². The van der Waals surface area contributed by atoms with Gasteiger partial charge in [0.15, 0.2) is 5.76 Å². The van der Waals surface area contributed by atoms with Gasteiger partial charge in [0.1, 0.15) is 5.78 Å². The molecule has 4 aliphatic rings. The molecule has 170 valence electrons. The van der Waals surface area contributed by atoms with Crippen molar-refractivity contribution in [3.63, 3.8) is 0 Å². The van der Waals surface area contributed by atoms with E-state index in [9.17, 15) is 19.5 Å². The van der Waals surface area contributed by atoms with E-state index in [0.29, 0.717) is 18.8 Å². The second-order valence-corrected chi connectivity index (χ2v) is 11.5. The van der Waals surface area contributed by atoms with Gasteiger partial charge in [-0.15, -0.1) is 0 Å². The van der Waals surface area contributed by atoms with Crippen LogP contribution in [0.4, 0.5) is 0 Å². The number of Topliss-reactive ketones (excluding diaryl/α,β-unsaturated/α-hetero) is 2. The molecule has 2 N–H and O–H groups in total. The first-order valence-corrected chi connectivity index (χ1v) is 11.8. The average Bonchev–Trinajstić information content (AvgIpc) is 3.04. The third-order valence-electron chi connectivity index (χ3n) is 9.72. The summed E-state index contributed by atoms with van der Waals surface area (Å²) in [5, 5.41) is 19.6. The summed E-state index contributed by atoms with van der Waals surface area (Å²) in [6, 6.07) is 0. The fourth-order valence-electron chi connectivity index (χ4n) is 8.15. The number of carboxylic acid groups (broad SMARTS) is 1. The van der Waals surface area contributed by atoms with Crippen LogP contribution in [0, 0.1) is 45.8 Å². The van der Waals surface area contributed by atoms with Gasteiger partial charge in [0, 0.05) is 23.7 Å². The number of aliphatic hydroxyl groups excluding tert-OH is 1. The number of aliphatic carboxylic acids is 1. The minimum absolute atomic E-state index is 0.0840. The molecule has 31 heavy (non-hydrogen) atoms. The monoisotopic (exact) mass is 428 g/mol. The van der Waals surface area contributed by atoms with E-state index in [2.05, 4.69) is 26.8 Å². The number of hydrogen-bond donors (Lipinski definition) is 2. The standard InChI is InChI=1S/C26H36O5/c1-14(6-11-22(29)30)16-8-9-17-15-7-10-20-24(2,3)23(31)19(27)13-25(20,4)18(15)12-21(28)26(16,17)5/h10,13-18,27H,6-9,11-12H2,1-5H3,(H,29,30). The minimum atomic E-state index is -0.777. The third-order valence-corrected chi connectivity index (χ3v) is 9.72. The highest BCUT2D eigenvalue weighted by atomic mass is 16.4. The quantitative estimate of drug-likeness (QED) is 0.607. The van der Waals surface area contributed by atoms with Crippen LogP contribution in [0.25, 0.3) is 0 Å². The minimum Gasteiger partial charge on any atom is -0.505 e. The second-order valence-electron chi connectivity index (χ2n) is 11.5. The molecule has 2 saturated carbocycles. The molecular formula is C26H36O5. The highest BCUT2D eigenvalue weighted by molar-refractivity contribution is 6.01. The maximum Gasteiger partial charge on any atom is 0.303 e. The van der Waals surface area contributed by atoms with E-state index >= 15 is 0 Å². The highest BCUT2D eigenvalue weighted by Gasteiger charge is 2.64. The highest BCUT2D eigenvalue weighted by Crippen LogP contribution is 2.67. The predicted octanol–water partition coefficient (Wildman–Crippen LogP) is 5.11. The number of carbonyl (C=O) groups is 3. The van der Waals surface area contributed by atoms with Crippen LogP contribution in [-0.2, 0) is 14.4 Å². The molecule has 0 aromatic heterocycles. The van der Waals surface area contributed by atoms with Gasteiger partial charge in [-0.1, -0.05) is 32.4 Å². The Balaban J connectivity index is 1.70. The van der Waals surface area contributed by atoms with E-state index in [0.717, 1.165) is 24.8 Å². The van der Waals surface area contributed by atoms with Crippen LogP contribution in [0.2, 0.25) is 0 Å². The first-order valence-electron chi connectivity index (χ1n) is 11.8. The summed E-state index contributed by atoms with van der Waals surface area (Å²) in [6.45, 7) is 10.1. The van der Waals surface area contributed by atoms with Gasteiger partial charge in [0.2, 0.25) is 5.78 Å². The van der Waals surface area contributed by atoms with E-state index in [1.807, 2.05) is 13.8 Å². The summed E-state index contributed by atoms with van der Waals surface area (Å²) >= 11 is 0. The van der Waals surface area contributed by atoms with Gasteiger partial charge < -0.3 is 10.2 Å². The Morgan fingerprint density at radius 1 is 1.16 bits per heavy atom. The molecule has 7 atom stereocenters. The number of rotatable bonds is 4. The molecular weight excluding hydrogens is 392 g/mol. The van der Waals surface area contributed by atoms with Gasteiger partial charge in [-0.25, -0.2) is 0 Å². The number of fused-ring (bicyclic) bond motifs is 5. The summed E-state index contributed by atoms with van der Waals surface area (Å²) in [4.78, 5) is 37.5. The Kier molecular flexibility index (Phi) is 5.07. The smallest absolute Gasteiger partial charge is 0.303 e. The Morgan fingerprint density at radius 2 is 1.84 bits per heavy atom. The second kappa shape index (κ2) is 7.05. The van der Waals surface area contributed by atoms with E-state index < -0.39 is 22.2 Å². The number of carboxylic acids is 1. The molecule has 0 saturated heterocycles. The fraction of sp³-hybridized carbons (Fsp3) is 0.731. The first-order chi connectivity index (χ1) is 14.3. The largest absolute Gasteiger partial charge is 0.505 e. The van der Waals surface area contributed by atoms with Crippen molar-refractivity contribution < 1.29 is 24.6 Å². The molecule has 0 aromatic carbocycles. The maximum absolute atomic E-state index is 13.7. The lowest BCUT2D eigenvalue weighted by molar-refractivity contribution is -0.146. The van der Waals surface area contributed by atoms with Gasteiger partial charge in [-0.2, -0.15) is 0 Å². The number of ketones is 2. The Morgan fingerprint density at radius 3 is 2.48 bits per heavy atom. The van der Waals surface area contributed by atoms with Crippen molar-refractivity contribution in [3.8, 4) is 0 Å². The number of aliphatic hydroxyl groups is 1. The van der Waals surface area contributed by atoms with E-state index in [1.165, 1.54) is 0 Å². The lowest BCUT2D eigenvalue weighted by Gasteiger charge is -2.57. The molecule has 2 fully saturated rings. The molecule has 0 amide bonds. The van der Waals surface area contributed by atoms with Crippen molar-refractivity contribution in [1.82, 2.24) is 0 Å².